The molecule has 0 unspecified atom stereocenters. The molecule has 0 amide bonds. The molecular formula is C15H22O4S. The van der Waals surface area contributed by atoms with Gasteiger partial charge in [-0.1, -0.05) is 20.3 Å². The van der Waals surface area contributed by atoms with Crippen molar-refractivity contribution < 1.29 is 17.9 Å². The number of hydrogen-bond acceptors (Lipinski definition) is 4. The number of sulfone groups is 1. The molecule has 0 bridgehead atoms. The maximum absolute atomic E-state index is 12.1. The third kappa shape index (κ3) is 5.33. The predicted octanol–water partition coefficient (Wildman–Crippen LogP) is 2.86. The Labute approximate surface area is 121 Å². The number of Topliss-reactive ketones (excluding diaryl/α,β-unsaturated/α-hetero) is 1. The largest absolute Gasteiger partial charge is 0.497 e. The number of benzene rings is 1. The highest BCUT2D eigenvalue weighted by Crippen LogP contribution is 2.17. The van der Waals surface area contributed by atoms with Crippen LogP contribution in [0, 0.1) is 5.92 Å². The summed E-state index contributed by atoms with van der Waals surface area (Å²) in [6, 6.07) is 6.09. The highest BCUT2D eigenvalue weighted by atomic mass is 32.2. The van der Waals surface area contributed by atoms with Crippen molar-refractivity contribution in [3.63, 3.8) is 0 Å². The van der Waals surface area contributed by atoms with E-state index in [1.165, 1.54) is 19.2 Å². The number of rotatable bonds is 8. The third-order valence-electron chi connectivity index (χ3n) is 3.01. The van der Waals surface area contributed by atoms with Crippen molar-refractivity contribution in [2.45, 2.75) is 38.0 Å². The lowest BCUT2D eigenvalue weighted by Gasteiger charge is -2.06. The summed E-state index contributed by atoms with van der Waals surface area (Å²) < 4.78 is 29.1. The van der Waals surface area contributed by atoms with Crippen LogP contribution in [0.5, 0.6) is 5.75 Å². The van der Waals surface area contributed by atoms with E-state index in [0.717, 1.165) is 12.8 Å². The third-order valence-corrected chi connectivity index (χ3v) is 4.70. The molecule has 0 saturated heterocycles. The van der Waals surface area contributed by atoms with E-state index in [1.807, 2.05) is 0 Å². The van der Waals surface area contributed by atoms with E-state index in [1.54, 1.807) is 12.1 Å². The van der Waals surface area contributed by atoms with Gasteiger partial charge < -0.3 is 4.74 Å². The Morgan fingerprint density at radius 3 is 2.30 bits per heavy atom. The summed E-state index contributed by atoms with van der Waals surface area (Å²) in [5.74, 6) is 0.479. The van der Waals surface area contributed by atoms with E-state index in [2.05, 4.69) is 13.8 Å². The molecule has 112 valence electrons. The molecule has 0 spiro atoms. The van der Waals surface area contributed by atoms with Crippen molar-refractivity contribution >= 4 is 15.6 Å². The molecule has 0 aliphatic carbocycles. The average Bonchev–Trinajstić information content (AvgIpc) is 2.37. The fourth-order valence-corrected chi connectivity index (χ4v) is 3.14. The number of methoxy groups -OCH3 is 1. The molecule has 0 radical (unpaired) electrons. The Balaban J connectivity index is 2.62. The predicted molar refractivity (Wildman–Crippen MR) is 78.7 cm³/mol. The minimum atomic E-state index is -3.54. The number of hydrogen-bond donors (Lipinski definition) is 0. The van der Waals surface area contributed by atoms with Gasteiger partial charge in [-0.25, -0.2) is 8.42 Å². The number of ketones is 1. The lowest BCUT2D eigenvalue weighted by molar-refractivity contribution is -0.116. The Bertz CT molecular complexity index is 529. The molecule has 0 atom stereocenters. The first kappa shape index (κ1) is 16.7. The zero-order valence-electron chi connectivity index (χ0n) is 12.3. The number of ether oxygens (including phenoxy) is 1. The molecule has 0 N–H and O–H groups in total. The highest BCUT2D eigenvalue weighted by Gasteiger charge is 2.19. The van der Waals surface area contributed by atoms with Gasteiger partial charge in [-0.05, 0) is 36.6 Å². The Morgan fingerprint density at radius 2 is 1.80 bits per heavy atom. The van der Waals surface area contributed by atoms with Gasteiger partial charge in [-0.2, -0.15) is 0 Å². The first-order chi connectivity index (χ1) is 9.35. The molecule has 0 fully saturated rings. The first-order valence-electron chi connectivity index (χ1n) is 6.73. The molecule has 0 heterocycles. The average molecular weight is 298 g/mol. The quantitative estimate of drug-likeness (QED) is 0.740. The van der Waals surface area contributed by atoms with Crippen LogP contribution in [0.25, 0.3) is 0 Å². The summed E-state index contributed by atoms with van der Waals surface area (Å²) in [5, 5.41) is 0. The second kappa shape index (κ2) is 7.43. The van der Waals surface area contributed by atoms with Crippen LogP contribution in [-0.2, 0) is 14.6 Å². The Morgan fingerprint density at radius 1 is 1.20 bits per heavy atom. The van der Waals surface area contributed by atoms with Crippen LogP contribution < -0.4 is 4.74 Å². The molecule has 1 aromatic rings. The molecule has 0 aromatic heterocycles. The number of carbonyl (C=O) groups excluding carboxylic acids is 1. The Kier molecular flexibility index (Phi) is 6.20. The molecule has 1 aromatic carbocycles. The maximum Gasteiger partial charge on any atom is 0.185 e. The smallest absolute Gasteiger partial charge is 0.185 e. The van der Waals surface area contributed by atoms with Gasteiger partial charge in [0.1, 0.15) is 17.3 Å². The SMILES string of the molecule is COc1ccc(S(=O)(=O)CC(=O)CCCC(C)C)cc1. The maximum atomic E-state index is 12.1. The molecule has 0 aliphatic rings. The van der Waals surface area contributed by atoms with Crippen LogP contribution in [0.1, 0.15) is 33.1 Å². The van der Waals surface area contributed by atoms with E-state index in [9.17, 15) is 13.2 Å². The topological polar surface area (TPSA) is 60.4 Å². The van der Waals surface area contributed by atoms with Crippen molar-refractivity contribution in [2.75, 3.05) is 12.9 Å². The van der Waals surface area contributed by atoms with E-state index >= 15 is 0 Å². The van der Waals surface area contributed by atoms with Gasteiger partial charge >= 0.3 is 0 Å². The van der Waals surface area contributed by atoms with Crippen LogP contribution in [0.15, 0.2) is 29.2 Å². The van der Waals surface area contributed by atoms with Crippen LogP contribution in [0.4, 0.5) is 0 Å². The van der Waals surface area contributed by atoms with Crippen molar-refractivity contribution in [2.24, 2.45) is 5.92 Å². The molecule has 20 heavy (non-hydrogen) atoms. The molecule has 4 nitrogen and oxygen atoms in total. The molecule has 1 rings (SSSR count). The summed E-state index contributed by atoms with van der Waals surface area (Å²) >= 11 is 0. The van der Waals surface area contributed by atoms with E-state index in [-0.39, 0.29) is 10.7 Å². The Hall–Kier alpha value is -1.36. The van der Waals surface area contributed by atoms with Gasteiger partial charge in [0.05, 0.1) is 12.0 Å². The van der Waals surface area contributed by atoms with Gasteiger partial charge in [-0.15, -0.1) is 0 Å². The monoisotopic (exact) mass is 298 g/mol. The summed E-state index contributed by atoms with van der Waals surface area (Å²) in [4.78, 5) is 11.9. The zero-order chi connectivity index (χ0) is 15.2. The summed E-state index contributed by atoms with van der Waals surface area (Å²) in [5.41, 5.74) is 0. The van der Waals surface area contributed by atoms with Gasteiger partial charge in [0, 0.05) is 6.42 Å². The van der Waals surface area contributed by atoms with Crippen molar-refractivity contribution in [1.82, 2.24) is 0 Å². The van der Waals surface area contributed by atoms with Crippen molar-refractivity contribution in [3.05, 3.63) is 24.3 Å². The lowest BCUT2D eigenvalue weighted by Crippen LogP contribution is -2.16. The van der Waals surface area contributed by atoms with E-state index in [0.29, 0.717) is 18.1 Å². The molecule has 0 saturated carbocycles. The van der Waals surface area contributed by atoms with Gasteiger partial charge in [0.2, 0.25) is 0 Å². The van der Waals surface area contributed by atoms with Crippen LogP contribution >= 0.6 is 0 Å². The second-order valence-electron chi connectivity index (χ2n) is 5.26. The summed E-state index contributed by atoms with van der Waals surface area (Å²) in [6.07, 6.45) is 2.01. The number of carbonyl (C=O) groups is 1. The van der Waals surface area contributed by atoms with Crippen molar-refractivity contribution in [1.29, 1.82) is 0 Å². The zero-order valence-corrected chi connectivity index (χ0v) is 13.1. The van der Waals surface area contributed by atoms with Gasteiger partial charge in [0.15, 0.2) is 9.84 Å². The lowest BCUT2D eigenvalue weighted by atomic mass is 10.1. The summed E-state index contributed by atoms with van der Waals surface area (Å²) in [7, 11) is -2.02. The molecular weight excluding hydrogens is 276 g/mol. The summed E-state index contributed by atoms with van der Waals surface area (Å²) in [6.45, 7) is 4.16. The van der Waals surface area contributed by atoms with Crippen LogP contribution in [0.3, 0.4) is 0 Å². The normalized spacial score (nSPS) is 11.6. The second-order valence-corrected chi connectivity index (χ2v) is 7.25. The fourth-order valence-electron chi connectivity index (χ4n) is 1.86. The minimum absolute atomic E-state index is 0.163. The van der Waals surface area contributed by atoms with E-state index in [4.69, 9.17) is 4.74 Å². The van der Waals surface area contributed by atoms with Gasteiger partial charge in [0.25, 0.3) is 0 Å². The highest BCUT2D eigenvalue weighted by molar-refractivity contribution is 7.92. The van der Waals surface area contributed by atoms with Crippen LogP contribution in [0.2, 0.25) is 0 Å². The standard InChI is InChI=1S/C15H22O4S/c1-12(2)5-4-6-13(16)11-20(17,18)15-9-7-14(19-3)8-10-15/h7-10,12H,4-6,11H2,1-3H3. The van der Waals surface area contributed by atoms with Crippen molar-refractivity contribution in [3.8, 4) is 5.75 Å². The fraction of sp³-hybridized carbons (Fsp3) is 0.533. The van der Waals surface area contributed by atoms with Gasteiger partial charge in [-0.3, -0.25) is 4.79 Å². The minimum Gasteiger partial charge on any atom is -0.497 e. The molecule has 0 aliphatic heterocycles. The van der Waals surface area contributed by atoms with E-state index < -0.39 is 15.6 Å². The first-order valence-corrected chi connectivity index (χ1v) is 8.39. The molecule has 5 heteroatoms. The van der Waals surface area contributed by atoms with Crippen LogP contribution in [-0.4, -0.2) is 27.1 Å².